The van der Waals surface area contributed by atoms with Crippen molar-refractivity contribution < 1.29 is 29.0 Å². The van der Waals surface area contributed by atoms with Gasteiger partial charge in [-0.2, -0.15) is 0 Å². The maximum atomic E-state index is 12.6. The van der Waals surface area contributed by atoms with Crippen LogP contribution in [0, 0.1) is 0 Å². The minimum Gasteiger partial charge on any atom is -0.493 e. The predicted molar refractivity (Wildman–Crippen MR) is 119 cm³/mol. The van der Waals surface area contributed by atoms with Crippen LogP contribution in [0.3, 0.4) is 0 Å². The fourth-order valence-electron chi connectivity index (χ4n) is 3.76. The number of hydrogen-bond donors (Lipinski definition) is 3. The first-order chi connectivity index (χ1) is 15.4. The number of fused-ring (bicyclic) bond motifs is 1. The number of aromatic carboxylic acids is 1. The van der Waals surface area contributed by atoms with Crippen LogP contribution in [0.1, 0.15) is 32.5 Å². The second kappa shape index (κ2) is 8.72. The summed E-state index contributed by atoms with van der Waals surface area (Å²) >= 11 is 1.15. The van der Waals surface area contributed by atoms with E-state index in [1.807, 2.05) is 30.3 Å². The lowest BCUT2D eigenvalue weighted by Gasteiger charge is -2.24. The molecule has 2 amide bonds. The molecule has 0 unspecified atom stereocenters. The van der Waals surface area contributed by atoms with Gasteiger partial charge < -0.3 is 25.6 Å². The number of hydrogen-bond acceptors (Lipinski definition) is 6. The molecule has 4 N–H and O–H groups in total. The summed E-state index contributed by atoms with van der Waals surface area (Å²) in [5.74, 6) is -1.50. The number of rotatable bonds is 7. The van der Waals surface area contributed by atoms with Gasteiger partial charge in [0.25, 0.3) is 5.91 Å². The van der Waals surface area contributed by atoms with Gasteiger partial charge in [0.2, 0.25) is 5.91 Å². The van der Waals surface area contributed by atoms with Gasteiger partial charge in [-0.1, -0.05) is 36.4 Å². The monoisotopic (exact) mass is 452 g/mol. The third-order valence-corrected chi connectivity index (χ3v) is 6.41. The van der Waals surface area contributed by atoms with E-state index in [2.05, 4.69) is 5.32 Å². The van der Waals surface area contributed by atoms with Crippen molar-refractivity contribution in [3.05, 3.63) is 63.8 Å². The van der Waals surface area contributed by atoms with E-state index >= 15 is 0 Å². The van der Waals surface area contributed by atoms with Crippen molar-refractivity contribution in [2.45, 2.75) is 12.3 Å². The molecule has 3 aromatic rings. The molecule has 9 heteroatoms. The molecule has 32 heavy (non-hydrogen) atoms. The average Bonchev–Trinajstić information content (AvgIpc) is 3.17. The number of methoxy groups -OCH3 is 1. The van der Waals surface area contributed by atoms with Crippen LogP contribution in [0.15, 0.2) is 48.5 Å². The van der Waals surface area contributed by atoms with Gasteiger partial charge in [-0.05, 0) is 23.3 Å². The van der Waals surface area contributed by atoms with Crippen LogP contribution >= 0.6 is 11.3 Å². The van der Waals surface area contributed by atoms with Gasteiger partial charge in [-0.15, -0.1) is 11.3 Å². The third-order valence-electron chi connectivity index (χ3n) is 5.12. The zero-order valence-electron chi connectivity index (χ0n) is 17.1. The molecule has 0 aliphatic carbocycles. The second-order valence-electron chi connectivity index (χ2n) is 7.19. The number of carbonyl (C=O) groups is 3. The number of carbonyl (C=O) groups excluding carboxylic acids is 2. The van der Waals surface area contributed by atoms with Crippen LogP contribution in [0.2, 0.25) is 0 Å². The Morgan fingerprint density at radius 1 is 1.19 bits per heavy atom. The summed E-state index contributed by atoms with van der Waals surface area (Å²) in [6.45, 7) is -0.293. The number of primary amides is 1. The van der Waals surface area contributed by atoms with Crippen molar-refractivity contribution in [3.8, 4) is 22.6 Å². The molecule has 0 saturated heterocycles. The Morgan fingerprint density at radius 2 is 1.94 bits per heavy atom. The van der Waals surface area contributed by atoms with Gasteiger partial charge >= 0.3 is 5.97 Å². The molecule has 8 nitrogen and oxygen atoms in total. The van der Waals surface area contributed by atoms with Crippen LogP contribution in [-0.4, -0.2) is 36.6 Å². The van der Waals surface area contributed by atoms with E-state index < -0.39 is 11.9 Å². The molecule has 0 saturated carbocycles. The van der Waals surface area contributed by atoms with E-state index in [-0.39, 0.29) is 29.7 Å². The maximum absolute atomic E-state index is 12.6. The molecular formula is C23H20N2O6S. The van der Waals surface area contributed by atoms with Crippen molar-refractivity contribution in [1.29, 1.82) is 0 Å². The Balaban J connectivity index is 1.81. The number of carboxylic acid groups (broad SMARTS) is 1. The number of amides is 2. The van der Waals surface area contributed by atoms with Gasteiger partial charge in [-0.3, -0.25) is 9.59 Å². The number of nitrogens with two attached hydrogens (primary N) is 1. The largest absolute Gasteiger partial charge is 0.493 e. The van der Waals surface area contributed by atoms with E-state index in [9.17, 15) is 19.5 Å². The number of ether oxygens (including phenoxy) is 2. The van der Waals surface area contributed by atoms with Crippen molar-refractivity contribution >= 4 is 34.8 Å². The molecular weight excluding hydrogens is 432 g/mol. The third kappa shape index (κ3) is 4.02. The fourth-order valence-corrected chi connectivity index (χ4v) is 5.00. The lowest BCUT2D eigenvalue weighted by molar-refractivity contribution is -0.120. The molecule has 1 atom stereocenters. The Morgan fingerprint density at radius 3 is 2.59 bits per heavy atom. The normalized spacial score (nSPS) is 14.9. The molecule has 2 heterocycles. The van der Waals surface area contributed by atoms with Crippen molar-refractivity contribution in [2.24, 2.45) is 5.73 Å². The van der Waals surface area contributed by atoms with E-state index in [1.165, 1.54) is 7.11 Å². The molecule has 4 rings (SSSR count). The van der Waals surface area contributed by atoms with Crippen LogP contribution in [0.4, 0.5) is 5.69 Å². The quantitative estimate of drug-likeness (QED) is 0.504. The summed E-state index contributed by atoms with van der Waals surface area (Å²) in [6.07, 6.45) is 0.158. The molecule has 1 aromatic heterocycles. The number of carboxylic acids is 1. The molecule has 1 aliphatic rings. The molecule has 164 valence electrons. The zero-order valence-corrected chi connectivity index (χ0v) is 17.9. The first-order valence-electron chi connectivity index (χ1n) is 9.73. The van der Waals surface area contributed by atoms with Gasteiger partial charge in [-0.25, -0.2) is 4.79 Å². The van der Waals surface area contributed by atoms with Gasteiger partial charge in [0, 0.05) is 22.8 Å². The summed E-state index contributed by atoms with van der Waals surface area (Å²) in [6, 6.07) is 14.3. The summed E-state index contributed by atoms with van der Waals surface area (Å²) in [7, 11) is 1.47. The first-order valence-corrected chi connectivity index (χ1v) is 10.5. The molecule has 0 fully saturated rings. The fraction of sp³-hybridized carbons (Fsp3) is 0.174. The summed E-state index contributed by atoms with van der Waals surface area (Å²) < 4.78 is 10.8. The zero-order chi connectivity index (χ0) is 22.8. The number of thiophene rings is 1. The topological polar surface area (TPSA) is 128 Å². The number of nitrogens with one attached hydrogen (secondary N) is 1. The highest BCUT2D eigenvalue weighted by Crippen LogP contribution is 2.50. The second-order valence-corrected chi connectivity index (χ2v) is 8.24. The predicted octanol–water partition coefficient (Wildman–Crippen LogP) is 3.46. The lowest BCUT2D eigenvalue weighted by atomic mass is 9.88. The molecule has 1 aliphatic heterocycles. The van der Waals surface area contributed by atoms with Gasteiger partial charge in [0.05, 0.1) is 12.8 Å². The maximum Gasteiger partial charge on any atom is 0.346 e. The molecule has 0 bridgehead atoms. The van der Waals surface area contributed by atoms with Crippen LogP contribution in [-0.2, 0) is 9.59 Å². The summed E-state index contributed by atoms with van der Waals surface area (Å²) in [5, 5.41) is 12.7. The highest BCUT2D eigenvalue weighted by molar-refractivity contribution is 7.15. The summed E-state index contributed by atoms with van der Waals surface area (Å²) in [5.41, 5.74) is 7.65. The minimum absolute atomic E-state index is 0.158. The van der Waals surface area contributed by atoms with Gasteiger partial charge in [0.1, 0.15) is 4.88 Å². The average molecular weight is 452 g/mol. The Kier molecular flexibility index (Phi) is 5.83. The summed E-state index contributed by atoms with van der Waals surface area (Å²) in [4.78, 5) is 36.6. The highest BCUT2D eigenvalue weighted by Gasteiger charge is 2.34. The minimum atomic E-state index is -1.05. The molecule has 0 spiro atoms. The number of benzene rings is 2. The Hall–Kier alpha value is -3.85. The highest BCUT2D eigenvalue weighted by atomic mass is 32.1. The van der Waals surface area contributed by atoms with Crippen molar-refractivity contribution in [2.75, 3.05) is 19.0 Å². The number of anilines is 1. The lowest BCUT2D eigenvalue weighted by Crippen LogP contribution is -2.22. The molecule has 0 radical (unpaired) electrons. The van der Waals surface area contributed by atoms with Crippen molar-refractivity contribution in [1.82, 2.24) is 0 Å². The van der Waals surface area contributed by atoms with Crippen LogP contribution in [0.25, 0.3) is 11.1 Å². The van der Waals surface area contributed by atoms with E-state index in [1.54, 1.807) is 18.2 Å². The standard InChI is InChI=1S/C23H20N2O6S/c1-30-16-9-13(7-8-15(16)31-11-17(24)26)14-10-18(27)25-20-19(12-5-3-2-4-6-12)22(23(28)29)32-21(14)20/h2-9,14H,10-11H2,1H3,(H2,24,26)(H,25,27)(H,28,29)/t14-/m0/s1. The van der Waals surface area contributed by atoms with Crippen LogP contribution < -0.4 is 20.5 Å². The SMILES string of the molecule is COc1cc([C@@H]2CC(=O)Nc3c2sc(C(=O)O)c3-c2ccccc2)ccc1OCC(N)=O. The molecule has 2 aromatic carbocycles. The van der Waals surface area contributed by atoms with Crippen molar-refractivity contribution in [3.63, 3.8) is 0 Å². The van der Waals surface area contributed by atoms with E-state index in [0.29, 0.717) is 22.7 Å². The smallest absolute Gasteiger partial charge is 0.346 e. The van der Waals surface area contributed by atoms with E-state index in [4.69, 9.17) is 15.2 Å². The Bertz CT molecular complexity index is 1200. The van der Waals surface area contributed by atoms with E-state index in [0.717, 1.165) is 27.3 Å². The first kappa shape index (κ1) is 21.4. The Labute approximate surface area is 187 Å². The van der Waals surface area contributed by atoms with Gasteiger partial charge in [0.15, 0.2) is 18.1 Å². The van der Waals surface area contributed by atoms with Crippen LogP contribution in [0.5, 0.6) is 11.5 Å².